The highest BCUT2D eigenvalue weighted by Crippen LogP contribution is 2.21. The summed E-state index contributed by atoms with van der Waals surface area (Å²) in [5.41, 5.74) is 0. The third kappa shape index (κ3) is 1.60. The van der Waals surface area contributed by atoms with E-state index in [-0.39, 0.29) is 0 Å². The van der Waals surface area contributed by atoms with Crippen molar-refractivity contribution in [2.75, 3.05) is 7.05 Å². The van der Waals surface area contributed by atoms with E-state index < -0.39 is 0 Å². The molecule has 58 valence electrons. The number of nitrogens with one attached hydrogen (secondary N) is 1. The van der Waals surface area contributed by atoms with Gasteiger partial charge in [-0.05, 0) is 25.8 Å². The summed E-state index contributed by atoms with van der Waals surface area (Å²) in [7, 11) is 2.06. The van der Waals surface area contributed by atoms with Crippen molar-refractivity contribution in [3.05, 3.63) is 12.2 Å². The van der Waals surface area contributed by atoms with Crippen LogP contribution in [0.5, 0.6) is 0 Å². The monoisotopic (exact) mass is 139 g/mol. The molecule has 0 aromatic heterocycles. The zero-order chi connectivity index (χ0) is 7.40. The second-order valence-electron chi connectivity index (χ2n) is 3.01. The highest BCUT2D eigenvalue weighted by atomic mass is 14.9. The Morgan fingerprint density at radius 3 is 2.60 bits per heavy atom. The first-order chi connectivity index (χ1) is 4.88. The minimum Gasteiger partial charge on any atom is -0.316 e. The van der Waals surface area contributed by atoms with Gasteiger partial charge in [0.15, 0.2) is 0 Å². The molecule has 1 heteroatoms. The summed E-state index contributed by atoms with van der Waals surface area (Å²) < 4.78 is 0. The lowest BCUT2D eigenvalue weighted by molar-refractivity contribution is 0.353. The van der Waals surface area contributed by atoms with E-state index in [9.17, 15) is 0 Å². The normalized spacial score (nSPS) is 32.6. The lowest BCUT2D eigenvalue weighted by Crippen LogP contribution is -2.34. The Morgan fingerprint density at radius 1 is 1.40 bits per heavy atom. The molecule has 0 fully saturated rings. The summed E-state index contributed by atoms with van der Waals surface area (Å²) >= 11 is 0. The van der Waals surface area contributed by atoms with Gasteiger partial charge in [0, 0.05) is 6.04 Å². The summed E-state index contributed by atoms with van der Waals surface area (Å²) in [4.78, 5) is 0. The lowest BCUT2D eigenvalue weighted by atomic mass is 9.87. The molecule has 0 radical (unpaired) electrons. The van der Waals surface area contributed by atoms with E-state index in [1.807, 2.05) is 0 Å². The zero-order valence-corrected chi connectivity index (χ0v) is 6.93. The second kappa shape index (κ2) is 3.77. The van der Waals surface area contributed by atoms with E-state index in [2.05, 4.69) is 31.4 Å². The molecule has 0 amide bonds. The molecule has 1 aliphatic carbocycles. The fourth-order valence-electron chi connectivity index (χ4n) is 1.68. The molecule has 0 heterocycles. The minimum atomic E-state index is 0.731. The molecule has 0 aromatic carbocycles. The summed E-state index contributed by atoms with van der Waals surface area (Å²) in [6, 6.07) is 0.731. The van der Waals surface area contributed by atoms with Crippen LogP contribution < -0.4 is 5.32 Å². The van der Waals surface area contributed by atoms with Crippen molar-refractivity contribution in [1.29, 1.82) is 0 Å². The van der Waals surface area contributed by atoms with Crippen molar-refractivity contribution in [2.24, 2.45) is 5.92 Å². The molecule has 0 spiro atoms. The van der Waals surface area contributed by atoms with Crippen LogP contribution >= 0.6 is 0 Å². The Balaban J connectivity index is 2.45. The maximum absolute atomic E-state index is 3.35. The largest absolute Gasteiger partial charge is 0.316 e. The summed E-state index contributed by atoms with van der Waals surface area (Å²) in [6.45, 7) is 2.27. The highest BCUT2D eigenvalue weighted by molar-refractivity contribution is 4.96. The van der Waals surface area contributed by atoms with Crippen molar-refractivity contribution in [3.8, 4) is 0 Å². The second-order valence-corrected chi connectivity index (χ2v) is 3.01. The number of hydrogen-bond donors (Lipinski definition) is 1. The summed E-state index contributed by atoms with van der Waals surface area (Å²) in [5, 5.41) is 3.35. The quantitative estimate of drug-likeness (QED) is 0.577. The van der Waals surface area contributed by atoms with Gasteiger partial charge in [-0.15, -0.1) is 0 Å². The number of allylic oxidation sites excluding steroid dienone is 1. The standard InChI is InChI=1S/C9H17N/c1-3-8-6-4-5-7-9(8)10-2/h4-5,8-10H,3,6-7H2,1-2H3/t8-,9+/m0/s1. The fraction of sp³-hybridized carbons (Fsp3) is 0.778. The van der Waals surface area contributed by atoms with Crippen LogP contribution in [0.3, 0.4) is 0 Å². The first-order valence-corrected chi connectivity index (χ1v) is 4.20. The molecule has 0 unspecified atom stereocenters. The van der Waals surface area contributed by atoms with Crippen LogP contribution in [0.4, 0.5) is 0 Å². The van der Waals surface area contributed by atoms with Crippen LogP contribution in [0.25, 0.3) is 0 Å². The highest BCUT2D eigenvalue weighted by Gasteiger charge is 2.17. The van der Waals surface area contributed by atoms with E-state index >= 15 is 0 Å². The average Bonchev–Trinajstić information content (AvgIpc) is 2.04. The van der Waals surface area contributed by atoms with E-state index in [1.165, 1.54) is 19.3 Å². The predicted molar refractivity (Wildman–Crippen MR) is 45.0 cm³/mol. The molecule has 1 rings (SSSR count). The van der Waals surface area contributed by atoms with Crippen molar-refractivity contribution in [1.82, 2.24) is 5.32 Å². The molecular formula is C9H17N. The van der Waals surface area contributed by atoms with E-state index in [0.717, 1.165) is 12.0 Å². The van der Waals surface area contributed by atoms with Gasteiger partial charge in [0.25, 0.3) is 0 Å². The molecule has 0 aromatic rings. The van der Waals surface area contributed by atoms with Crippen LogP contribution in [0.15, 0.2) is 12.2 Å². The molecule has 1 nitrogen and oxygen atoms in total. The van der Waals surface area contributed by atoms with Gasteiger partial charge >= 0.3 is 0 Å². The molecule has 0 bridgehead atoms. The van der Waals surface area contributed by atoms with Gasteiger partial charge in [-0.2, -0.15) is 0 Å². The summed E-state index contributed by atoms with van der Waals surface area (Å²) in [5.74, 6) is 0.870. The SMILES string of the molecule is CC[C@H]1CC=CC[C@H]1NC. The van der Waals surface area contributed by atoms with Crippen LogP contribution in [0, 0.1) is 5.92 Å². The van der Waals surface area contributed by atoms with Crippen molar-refractivity contribution >= 4 is 0 Å². The third-order valence-corrected chi connectivity index (χ3v) is 2.46. The molecule has 0 saturated heterocycles. The first-order valence-electron chi connectivity index (χ1n) is 4.20. The van der Waals surface area contributed by atoms with Crippen LogP contribution in [-0.4, -0.2) is 13.1 Å². The van der Waals surface area contributed by atoms with E-state index in [4.69, 9.17) is 0 Å². The molecule has 2 atom stereocenters. The lowest BCUT2D eigenvalue weighted by Gasteiger charge is -2.26. The topological polar surface area (TPSA) is 12.0 Å². The third-order valence-electron chi connectivity index (χ3n) is 2.46. The van der Waals surface area contributed by atoms with Gasteiger partial charge in [-0.3, -0.25) is 0 Å². The Hall–Kier alpha value is -0.300. The zero-order valence-electron chi connectivity index (χ0n) is 6.93. The van der Waals surface area contributed by atoms with Gasteiger partial charge in [-0.1, -0.05) is 25.5 Å². The maximum Gasteiger partial charge on any atom is 0.0130 e. The van der Waals surface area contributed by atoms with Gasteiger partial charge in [-0.25, -0.2) is 0 Å². The molecular weight excluding hydrogens is 122 g/mol. The maximum atomic E-state index is 3.35. The minimum absolute atomic E-state index is 0.731. The number of rotatable bonds is 2. The van der Waals surface area contributed by atoms with Crippen molar-refractivity contribution < 1.29 is 0 Å². The molecule has 0 aliphatic heterocycles. The average molecular weight is 139 g/mol. The van der Waals surface area contributed by atoms with Gasteiger partial charge in [0.2, 0.25) is 0 Å². The van der Waals surface area contributed by atoms with E-state index in [0.29, 0.717) is 0 Å². The van der Waals surface area contributed by atoms with Crippen LogP contribution in [-0.2, 0) is 0 Å². The Bertz CT molecular complexity index is 104. The Labute approximate surface area is 63.5 Å². The van der Waals surface area contributed by atoms with Crippen molar-refractivity contribution in [2.45, 2.75) is 32.2 Å². The first kappa shape index (κ1) is 7.80. The van der Waals surface area contributed by atoms with Crippen LogP contribution in [0.2, 0.25) is 0 Å². The van der Waals surface area contributed by atoms with Gasteiger partial charge < -0.3 is 5.32 Å². The van der Waals surface area contributed by atoms with E-state index in [1.54, 1.807) is 0 Å². The molecule has 0 saturated carbocycles. The van der Waals surface area contributed by atoms with Crippen molar-refractivity contribution in [3.63, 3.8) is 0 Å². The smallest absolute Gasteiger partial charge is 0.0130 e. The predicted octanol–water partition coefficient (Wildman–Crippen LogP) is 1.95. The Morgan fingerprint density at radius 2 is 2.10 bits per heavy atom. The molecule has 1 aliphatic rings. The Kier molecular flexibility index (Phi) is 2.94. The fourth-order valence-corrected chi connectivity index (χ4v) is 1.68. The number of hydrogen-bond acceptors (Lipinski definition) is 1. The van der Waals surface area contributed by atoms with Crippen LogP contribution in [0.1, 0.15) is 26.2 Å². The van der Waals surface area contributed by atoms with Gasteiger partial charge in [0.1, 0.15) is 0 Å². The molecule has 10 heavy (non-hydrogen) atoms. The summed E-state index contributed by atoms with van der Waals surface area (Å²) in [6.07, 6.45) is 8.38. The molecule has 1 N–H and O–H groups in total. The van der Waals surface area contributed by atoms with Gasteiger partial charge in [0.05, 0.1) is 0 Å².